The SMILES string of the molecule is Cc1cc(C)c(-c2ccnn2C(F)(F)F)c(C)c1. The summed E-state index contributed by atoms with van der Waals surface area (Å²) >= 11 is 0. The molecule has 0 saturated heterocycles. The first-order valence-electron chi connectivity index (χ1n) is 5.50. The van der Waals surface area contributed by atoms with Crippen LogP contribution in [0.2, 0.25) is 0 Å². The molecule has 0 amide bonds. The molecule has 2 aromatic rings. The molecule has 1 heterocycles. The topological polar surface area (TPSA) is 17.8 Å². The summed E-state index contributed by atoms with van der Waals surface area (Å²) in [6, 6.07) is 5.13. The molecule has 0 aliphatic carbocycles. The van der Waals surface area contributed by atoms with Gasteiger partial charge < -0.3 is 0 Å². The Hall–Kier alpha value is -1.78. The molecule has 0 fully saturated rings. The van der Waals surface area contributed by atoms with Gasteiger partial charge in [-0.3, -0.25) is 0 Å². The summed E-state index contributed by atoms with van der Waals surface area (Å²) in [5, 5.41) is 3.36. The molecule has 0 N–H and O–H groups in total. The van der Waals surface area contributed by atoms with E-state index in [1.54, 1.807) is 0 Å². The third-order valence-corrected chi connectivity index (χ3v) is 2.82. The van der Waals surface area contributed by atoms with Crippen LogP contribution in [0.3, 0.4) is 0 Å². The molecule has 0 spiro atoms. The zero-order chi connectivity index (χ0) is 13.5. The highest BCUT2D eigenvalue weighted by atomic mass is 19.4. The lowest BCUT2D eigenvalue weighted by atomic mass is 9.97. The first kappa shape index (κ1) is 12.7. The maximum atomic E-state index is 12.8. The van der Waals surface area contributed by atoms with E-state index < -0.39 is 6.30 Å². The predicted octanol–water partition coefficient (Wildman–Crippen LogP) is 3.95. The van der Waals surface area contributed by atoms with Crippen molar-refractivity contribution < 1.29 is 13.2 Å². The first-order valence-corrected chi connectivity index (χ1v) is 5.50. The lowest BCUT2D eigenvalue weighted by Gasteiger charge is -2.15. The van der Waals surface area contributed by atoms with Crippen LogP contribution in [0.25, 0.3) is 11.3 Å². The van der Waals surface area contributed by atoms with Crippen molar-refractivity contribution in [3.8, 4) is 11.3 Å². The molecule has 0 aliphatic heterocycles. The molecule has 1 aromatic heterocycles. The Morgan fingerprint density at radius 3 is 2.11 bits per heavy atom. The Bertz CT molecular complexity index is 559. The molecule has 0 atom stereocenters. The first-order chi connectivity index (χ1) is 8.30. The number of hydrogen-bond donors (Lipinski definition) is 0. The van der Waals surface area contributed by atoms with Crippen molar-refractivity contribution in [2.75, 3.05) is 0 Å². The van der Waals surface area contributed by atoms with Gasteiger partial charge in [0.2, 0.25) is 0 Å². The highest BCUT2D eigenvalue weighted by Gasteiger charge is 2.34. The summed E-state index contributed by atoms with van der Waals surface area (Å²) in [5.41, 5.74) is 3.34. The van der Waals surface area contributed by atoms with Gasteiger partial charge in [0.15, 0.2) is 0 Å². The molecule has 5 heteroatoms. The van der Waals surface area contributed by atoms with E-state index in [-0.39, 0.29) is 10.4 Å². The number of benzene rings is 1. The second kappa shape index (κ2) is 4.15. The minimum Gasteiger partial charge on any atom is -0.173 e. The van der Waals surface area contributed by atoms with Crippen molar-refractivity contribution >= 4 is 0 Å². The number of hydrogen-bond acceptors (Lipinski definition) is 1. The fourth-order valence-electron chi connectivity index (χ4n) is 2.28. The van der Waals surface area contributed by atoms with E-state index in [1.165, 1.54) is 12.3 Å². The van der Waals surface area contributed by atoms with Crippen LogP contribution in [-0.2, 0) is 6.30 Å². The third-order valence-electron chi connectivity index (χ3n) is 2.82. The Morgan fingerprint density at radius 1 is 1.06 bits per heavy atom. The quantitative estimate of drug-likeness (QED) is 0.753. The van der Waals surface area contributed by atoms with Crippen LogP contribution >= 0.6 is 0 Å². The average molecular weight is 254 g/mol. The second-order valence-corrected chi connectivity index (χ2v) is 4.37. The summed E-state index contributed by atoms with van der Waals surface area (Å²) < 4.78 is 38.5. The van der Waals surface area contributed by atoms with E-state index in [1.807, 2.05) is 32.9 Å². The fourth-order valence-corrected chi connectivity index (χ4v) is 2.28. The summed E-state index contributed by atoms with van der Waals surface area (Å²) in [7, 11) is 0. The number of alkyl halides is 3. The van der Waals surface area contributed by atoms with E-state index in [9.17, 15) is 13.2 Å². The van der Waals surface area contributed by atoms with E-state index in [0.717, 1.165) is 16.7 Å². The smallest absolute Gasteiger partial charge is 0.173 e. The predicted molar refractivity (Wildman–Crippen MR) is 63.2 cm³/mol. The lowest BCUT2D eigenvalue weighted by molar-refractivity contribution is -0.211. The third kappa shape index (κ3) is 2.12. The van der Waals surface area contributed by atoms with Gasteiger partial charge in [0.05, 0.1) is 5.69 Å². The molecule has 1 aromatic carbocycles. The van der Waals surface area contributed by atoms with Gasteiger partial charge in [0, 0.05) is 11.8 Å². The molecule has 0 saturated carbocycles. The zero-order valence-corrected chi connectivity index (χ0v) is 10.3. The van der Waals surface area contributed by atoms with Crippen molar-refractivity contribution in [2.24, 2.45) is 0 Å². The molecule has 0 radical (unpaired) electrons. The maximum Gasteiger partial charge on any atom is 0.505 e. The molecule has 2 nitrogen and oxygen atoms in total. The van der Waals surface area contributed by atoms with E-state index >= 15 is 0 Å². The minimum absolute atomic E-state index is 0.0810. The van der Waals surface area contributed by atoms with Crippen LogP contribution in [-0.4, -0.2) is 9.78 Å². The molecular formula is C13H13F3N2. The van der Waals surface area contributed by atoms with Crippen LogP contribution < -0.4 is 0 Å². The van der Waals surface area contributed by atoms with Crippen LogP contribution in [0.5, 0.6) is 0 Å². The largest absolute Gasteiger partial charge is 0.505 e. The van der Waals surface area contributed by atoms with Crippen LogP contribution in [0.1, 0.15) is 16.7 Å². The number of aromatic nitrogens is 2. The fraction of sp³-hybridized carbons (Fsp3) is 0.308. The second-order valence-electron chi connectivity index (χ2n) is 4.37. The monoisotopic (exact) mass is 254 g/mol. The molecule has 0 bridgehead atoms. The summed E-state index contributed by atoms with van der Waals surface area (Å²) in [5.74, 6) is 0. The summed E-state index contributed by atoms with van der Waals surface area (Å²) in [6.45, 7) is 5.54. The summed E-state index contributed by atoms with van der Waals surface area (Å²) in [4.78, 5) is 0. The molecule has 0 unspecified atom stereocenters. The summed E-state index contributed by atoms with van der Waals surface area (Å²) in [6.07, 6.45) is -3.33. The molecule has 96 valence electrons. The number of rotatable bonds is 1. The Kier molecular flexibility index (Phi) is 2.92. The van der Waals surface area contributed by atoms with Gasteiger partial charge in [0.25, 0.3) is 0 Å². The Morgan fingerprint density at radius 2 is 1.61 bits per heavy atom. The van der Waals surface area contributed by atoms with E-state index in [0.29, 0.717) is 5.56 Å². The highest BCUT2D eigenvalue weighted by Crippen LogP contribution is 2.33. The molecule has 0 aliphatic rings. The van der Waals surface area contributed by atoms with Crippen molar-refractivity contribution in [3.05, 3.63) is 41.1 Å². The normalized spacial score (nSPS) is 11.9. The lowest BCUT2D eigenvalue weighted by Crippen LogP contribution is -2.19. The Labute approximate surface area is 103 Å². The Balaban J connectivity index is 2.68. The number of aryl methyl sites for hydroxylation is 3. The minimum atomic E-state index is -4.50. The number of halogens is 3. The number of nitrogens with zero attached hydrogens (tertiary/aromatic N) is 2. The molecule has 2 rings (SSSR count). The highest BCUT2D eigenvalue weighted by molar-refractivity contribution is 5.68. The average Bonchev–Trinajstić information content (AvgIpc) is 2.63. The standard InChI is InChI=1S/C13H13F3N2/c1-8-6-9(2)12(10(3)7-8)11-4-5-17-18(11)13(14,15)16/h4-7H,1-3H3. The van der Waals surface area contributed by atoms with Gasteiger partial charge in [-0.25, -0.2) is 0 Å². The van der Waals surface area contributed by atoms with Crippen LogP contribution in [0.15, 0.2) is 24.4 Å². The maximum absolute atomic E-state index is 12.8. The van der Waals surface area contributed by atoms with Gasteiger partial charge in [-0.1, -0.05) is 17.7 Å². The van der Waals surface area contributed by atoms with Crippen molar-refractivity contribution in [3.63, 3.8) is 0 Å². The van der Waals surface area contributed by atoms with Gasteiger partial charge in [-0.2, -0.15) is 9.78 Å². The molecule has 18 heavy (non-hydrogen) atoms. The van der Waals surface area contributed by atoms with E-state index in [2.05, 4.69) is 5.10 Å². The molecular weight excluding hydrogens is 241 g/mol. The van der Waals surface area contributed by atoms with Gasteiger partial charge >= 0.3 is 6.30 Å². The van der Waals surface area contributed by atoms with Crippen molar-refractivity contribution in [1.82, 2.24) is 9.78 Å². The zero-order valence-electron chi connectivity index (χ0n) is 10.3. The van der Waals surface area contributed by atoms with Crippen LogP contribution in [0, 0.1) is 20.8 Å². The van der Waals surface area contributed by atoms with Gasteiger partial charge in [-0.15, -0.1) is 13.2 Å². The van der Waals surface area contributed by atoms with Gasteiger partial charge in [0.1, 0.15) is 0 Å². The van der Waals surface area contributed by atoms with Crippen molar-refractivity contribution in [1.29, 1.82) is 0 Å². The van der Waals surface area contributed by atoms with E-state index in [4.69, 9.17) is 0 Å². The van der Waals surface area contributed by atoms with Crippen LogP contribution in [0.4, 0.5) is 13.2 Å². The van der Waals surface area contributed by atoms with Crippen molar-refractivity contribution in [2.45, 2.75) is 27.1 Å². The van der Waals surface area contributed by atoms with Gasteiger partial charge in [-0.05, 0) is 38.0 Å².